The number of nitrogens with one attached hydrogen (secondary N) is 2. The van der Waals surface area contributed by atoms with Gasteiger partial charge in [0.25, 0.3) is 0 Å². The number of amides is 3. The number of carbonyl (C=O) groups is 2. The van der Waals surface area contributed by atoms with E-state index in [0.717, 1.165) is 5.56 Å². The van der Waals surface area contributed by atoms with Crippen molar-refractivity contribution in [3.05, 3.63) is 90.5 Å². The molecule has 0 aliphatic rings. The van der Waals surface area contributed by atoms with Gasteiger partial charge in [0, 0.05) is 5.69 Å². The molecule has 0 radical (unpaired) electrons. The van der Waals surface area contributed by atoms with Crippen LogP contribution in [0.25, 0.3) is 0 Å². The molecule has 0 aromatic heterocycles. The van der Waals surface area contributed by atoms with E-state index in [2.05, 4.69) is 10.6 Å². The van der Waals surface area contributed by atoms with Crippen LogP contribution in [0.15, 0.2) is 84.9 Å². The van der Waals surface area contributed by atoms with Crippen LogP contribution in [0.4, 0.5) is 10.5 Å². The summed E-state index contributed by atoms with van der Waals surface area (Å²) >= 11 is 0. The van der Waals surface area contributed by atoms with Crippen LogP contribution in [0.2, 0.25) is 0 Å². The third kappa shape index (κ3) is 5.60. The van der Waals surface area contributed by atoms with Gasteiger partial charge in [-0.3, -0.25) is 4.79 Å². The fraction of sp³-hybridized carbons (Fsp3) is 0.0909. The third-order valence-electron chi connectivity index (χ3n) is 4.00. The van der Waals surface area contributed by atoms with Crippen molar-refractivity contribution >= 4 is 17.6 Å². The minimum absolute atomic E-state index is 0.0343. The van der Waals surface area contributed by atoms with Crippen LogP contribution in [0, 0.1) is 0 Å². The van der Waals surface area contributed by atoms with Crippen LogP contribution in [-0.4, -0.2) is 11.9 Å². The quantitative estimate of drug-likeness (QED) is 0.577. The second kappa shape index (κ2) is 9.23. The lowest BCUT2D eigenvalue weighted by Gasteiger charge is -2.18. The molecule has 0 bridgehead atoms. The van der Waals surface area contributed by atoms with Crippen molar-refractivity contribution in [1.29, 1.82) is 0 Å². The molecule has 3 amide bonds. The number of benzene rings is 3. The molecule has 3 aromatic carbocycles. The first-order chi connectivity index (χ1) is 13.6. The van der Waals surface area contributed by atoms with Crippen molar-refractivity contribution in [1.82, 2.24) is 5.32 Å². The monoisotopic (exact) mass is 375 g/mol. The van der Waals surface area contributed by atoms with Crippen LogP contribution in [0.1, 0.15) is 18.0 Å². The first kappa shape index (κ1) is 19.0. The Balaban J connectivity index is 1.74. The number of ether oxygens (including phenoxy) is 1. The number of nitrogens with two attached hydrogens (primary N) is 1. The van der Waals surface area contributed by atoms with Gasteiger partial charge in [-0.1, -0.05) is 48.5 Å². The van der Waals surface area contributed by atoms with Crippen LogP contribution in [0.5, 0.6) is 11.5 Å². The van der Waals surface area contributed by atoms with Gasteiger partial charge in [-0.25, -0.2) is 4.79 Å². The van der Waals surface area contributed by atoms with Gasteiger partial charge in [-0.2, -0.15) is 0 Å². The summed E-state index contributed by atoms with van der Waals surface area (Å²) in [6.45, 7) is 0. The summed E-state index contributed by atoms with van der Waals surface area (Å²) in [5.74, 6) is 1.06. The van der Waals surface area contributed by atoms with Gasteiger partial charge in [-0.05, 0) is 42.0 Å². The zero-order valence-corrected chi connectivity index (χ0v) is 15.2. The molecule has 1 unspecified atom stereocenters. The number of rotatable bonds is 7. The minimum Gasteiger partial charge on any atom is -0.457 e. The highest BCUT2D eigenvalue weighted by Gasteiger charge is 2.18. The number of primary amides is 1. The van der Waals surface area contributed by atoms with Crippen molar-refractivity contribution < 1.29 is 14.3 Å². The molecule has 0 spiro atoms. The van der Waals surface area contributed by atoms with Crippen molar-refractivity contribution in [3.8, 4) is 11.5 Å². The number of anilines is 1. The van der Waals surface area contributed by atoms with Gasteiger partial charge in [0.2, 0.25) is 5.91 Å². The summed E-state index contributed by atoms with van der Waals surface area (Å²) in [6.07, 6.45) is 0.0343. The van der Waals surface area contributed by atoms with Gasteiger partial charge in [-0.15, -0.1) is 0 Å². The lowest BCUT2D eigenvalue weighted by Crippen LogP contribution is -2.35. The Morgan fingerprint density at radius 2 is 1.50 bits per heavy atom. The summed E-state index contributed by atoms with van der Waals surface area (Å²) in [6, 6.07) is 24.4. The van der Waals surface area contributed by atoms with Crippen molar-refractivity contribution in [3.63, 3.8) is 0 Å². The summed E-state index contributed by atoms with van der Waals surface area (Å²) in [4.78, 5) is 23.9. The number of hydrogen-bond acceptors (Lipinski definition) is 3. The second-order valence-corrected chi connectivity index (χ2v) is 6.17. The van der Waals surface area contributed by atoms with Crippen molar-refractivity contribution in [2.75, 3.05) is 5.32 Å². The predicted octanol–water partition coefficient (Wildman–Crippen LogP) is 4.22. The summed E-state index contributed by atoms with van der Waals surface area (Å²) in [5, 5.41) is 5.43. The molecule has 3 rings (SSSR count). The van der Waals surface area contributed by atoms with Gasteiger partial charge >= 0.3 is 6.03 Å². The molecule has 0 heterocycles. The number of hydrogen-bond donors (Lipinski definition) is 3. The molecule has 4 N–H and O–H groups in total. The Bertz CT molecular complexity index is 930. The smallest absolute Gasteiger partial charge is 0.312 e. The lowest BCUT2D eigenvalue weighted by molar-refractivity contribution is -0.116. The topological polar surface area (TPSA) is 93.5 Å². The SMILES string of the molecule is NC(=O)NC(CC(=O)Nc1ccccc1)c1cccc(Oc2ccccc2)c1. The molecule has 0 saturated heterocycles. The molecule has 6 heteroatoms. The third-order valence-corrected chi connectivity index (χ3v) is 4.00. The van der Waals surface area contributed by atoms with Crippen LogP contribution in [0.3, 0.4) is 0 Å². The standard InChI is InChI=1S/C22H21N3O3/c23-22(27)25-20(15-21(26)24-17-9-3-1-4-10-17)16-8-7-13-19(14-16)28-18-11-5-2-6-12-18/h1-14,20H,15H2,(H,24,26)(H3,23,25,27). The molecule has 6 nitrogen and oxygen atoms in total. The fourth-order valence-corrected chi connectivity index (χ4v) is 2.76. The fourth-order valence-electron chi connectivity index (χ4n) is 2.76. The molecule has 0 aliphatic heterocycles. The van der Waals surface area contributed by atoms with Gasteiger partial charge in [0.1, 0.15) is 11.5 Å². The van der Waals surface area contributed by atoms with Crippen LogP contribution < -0.4 is 21.1 Å². The van der Waals surface area contributed by atoms with E-state index in [9.17, 15) is 9.59 Å². The van der Waals surface area contributed by atoms with Crippen LogP contribution in [-0.2, 0) is 4.79 Å². The Morgan fingerprint density at radius 1 is 0.857 bits per heavy atom. The van der Waals surface area contributed by atoms with E-state index in [-0.39, 0.29) is 12.3 Å². The van der Waals surface area contributed by atoms with Crippen molar-refractivity contribution in [2.45, 2.75) is 12.5 Å². The normalized spacial score (nSPS) is 11.3. The van der Waals surface area contributed by atoms with E-state index in [4.69, 9.17) is 10.5 Å². The molecular weight excluding hydrogens is 354 g/mol. The van der Waals surface area contributed by atoms with Crippen LogP contribution >= 0.6 is 0 Å². The Morgan fingerprint density at radius 3 is 2.18 bits per heavy atom. The maximum Gasteiger partial charge on any atom is 0.312 e. The average molecular weight is 375 g/mol. The van der Waals surface area contributed by atoms with E-state index in [1.54, 1.807) is 24.3 Å². The summed E-state index contributed by atoms with van der Waals surface area (Å²) in [7, 11) is 0. The Labute approximate surface area is 163 Å². The van der Waals surface area contributed by atoms with E-state index in [0.29, 0.717) is 17.2 Å². The zero-order valence-electron chi connectivity index (χ0n) is 15.2. The molecule has 1 atom stereocenters. The van der Waals surface area contributed by atoms with Crippen molar-refractivity contribution in [2.24, 2.45) is 5.73 Å². The maximum absolute atomic E-state index is 12.4. The number of carbonyl (C=O) groups excluding carboxylic acids is 2. The predicted molar refractivity (Wildman–Crippen MR) is 108 cm³/mol. The zero-order chi connectivity index (χ0) is 19.8. The average Bonchev–Trinajstić information content (AvgIpc) is 2.69. The molecule has 0 saturated carbocycles. The first-order valence-electron chi connectivity index (χ1n) is 8.84. The molecule has 28 heavy (non-hydrogen) atoms. The lowest BCUT2D eigenvalue weighted by atomic mass is 10.0. The largest absolute Gasteiger partial charge is 0.457 e. The molecule has 142 valence electrons. The van der Waals surface area contributed by atoms with Gasteiger partial charge in [0.05, 0.1) is 12.5 Å². The van der Waals surface area contributed by atoms with E-state index in [1.165, 1.54) is 0 Å². The highest BCUT2D eigenvalue weighted by molar-refractivity contribution is 5.91. The highest BCUT2D eigenvalue weighted by Crippen LogP contribution is 2.26. The number of para-hydroxylation sites is 2. The molecule has 3 aromatic rings. The van der Waals surface area contributed by atoms with E-state index < -0.39 is 12.1 Å². The summed E-state index contributed by atoms with van der Waals surface area (Å²) < 4.78 is 5.83. The number of urea groups is 1. The molecule has 0 aliphatic carbocycles. The Hall–Kier alpha value is -3.80. The maximum atomic E-state index is 12.4. The summed E-state index contributed by atoms with van der Waals surface area (Å²) in [5.41, 5.74) is 6.71. The minimum atomic E-state index is -0.702. The van der Waals surface area contributed by atoms with Gasteiger partial charge in [0.15, 0.2) is 0 Å². The molecular formula is C22H21N3O3. The van der Waals surface area contributed by atoms with Gasteiger partial charge < -0.3 is 21.1 Å². The highest BCUT2D eigenvalue weighted by atomic mass is 16.5. The molecule has 0 fully saturated rings. The van der Waals surface area contributed by atoms with E-state index in [1.807, 2.05) is 60.7 Å². The van der Waals surface area contributed by atoms with E-state index >= 15 is 0 Å². The second-order valence-electron chi connectivity index (χ2n) is 6.17. The first-order valence-corrected chi connectivity index (χ1v) is 8.84. The Kier molecular flexibility index (Phi) is 6.25.